The van der Waals surface area contributed by atoms with Crippen molar-refractivity contribution in [2.24, 2.45) is 0 Å². The molecule has 192 valence electrons. The maximum atomic E-state index is 13.3. The Bertz CT molecular complexity index is 1140. The minimum atomic E-state index is -0.842. The molecule has 2 aromatic rings. The maximum absolute atomic E-state index is 13.3. The average Bonchev–Trinajstić information content (AvgIpc) is 3.17. The molecular weight excluding hydrogens is 464 g/mol. The number of morpholine rings is 1. The number of ether oxygens (including phenoxy) is 4. The van der Waals surface area contributed by atoms with E-state index < -0.39 is 17.7 Å². The highest BCUT2D eigenvalue weighted by molar-refractivity contribution is 6.46. The highest BCUT2D eigenvalue weighted by Crippen LogP contribution is 2.45. The Hall–Kier alpha value is -3.56. The number of aliphatic hydroxyl groups excluding tert-OH is 1. The van der Waals surface area contributed by atoms with Crippen LogP contribution in [0.25, 0.3) is 5.76 Å². The molecule has 2 aromatic carbocycles. The second-order valence-electron chi connectivity index (χ2n) is 8.61. The zero-order chi connectivity index (χ0) is 25.7. The van der Waals surface area contributed by atoms with Gasteiger partial charge in [-0.25, -0.2) is 0 Å². The monoisotopic (exact) mass is 496 g/mol. The van der Waals surface area contributed by atoms with E-state index in [0.717, 1.165) is 19.6 Å². The molecular formula is C27H32N2O7. The highest BCUT2D eigenvalue weighted by Gasteiger charge is 2.47. The van der Waals surface area contributed by atoms with Crippen LogP contribution in [0, 0.1) is 0 Å². The van der Waals surface area contributed by atoms with Gasteiger partial charge in [0.15, 0.2) is 11.5 Å². The van der Waals surface area contributed by atoms with Gasteiger partial charge in [-0.15, -0.1) is 0 Å². The number of para-hydroxylation sites is 1. The van der Waals surface area contributed by atoms with Crippen LogP contribution in [-0.2, 0) is 14.3 Å². The number of benzene rings is 2. The van der Waals surface area contributed by atoms with E-state index in [1.807, 2.05) is 0 Å². The molecule has 2 aliphatic heterocycles. The molecule has 9 heteroatoms. The van der Waals surface area contributed by atoms with E-state index in [1.165, 1.54) is 26.2 Å². The summed E-state index contributed by atoms with van der Waals surface area (Å²) in [4.78, 5) is 30.4. The number of nitrogens with zero attached hydrogens (tertiary/aromatic N) is 2. The van der Waals surface area contributed by atoms with Gasteiger partial charge < -0.3 is 29.0 Å². The molecule has 0 spiro atoms. The number of hydrogen-bond acceptors (Lipinski definition) is 8. The second-order valence-corrected chi connectivity index (χ2v) is 8.61. The Morgan fingerprint density at radius 1 is 1.00 bits per heavy atom. The third-order valence-electron chi connectivity index (χ3n) is 6.59. The second kappa shape index (κ2) is 11.5. The Kier molecular flexibility index (Phi) is 8.12. The van der Waals surface area contributed by atoms with Gasteiger partial charge in [0.05, 0.1) is 46.2 Å². The maximum Gasteiger partial charge on any atom is 0.295 e. The summed E-state index contributed by atoms with van der Waals surface area (Å²) < 4.78 is 21.8. The van der Waals surface area contributed by atoms with E-state index in [2.05, 4.69) is 4.90 Å². The van der Waals surface area contributed by atoms with Crippen LogP contribution in [0.4, 0.5) is 0 Å². The van der Waals surface area contributed by atoms with E-state index in [0.29, 0.717) is 54.6 Å². The molecule has 1 unspecified atom stereocenters. The molecule has 2 aliphatic rings. The van der Waals surface area contributed by atoms with Gasteiger partial charge in [0.1, 0.15) is 11.5 Å². The summed E-state index contributed by atoms with van der Waals surface area (Å²) in [6, 6.07) is 11.2. The van der Waals surface area contributed by atoms with Gasteiger partial charge in [0, 0.05) is 37.3 Å². The van der Waals surface area contributed by atoms with Crippen LogP contribution in [0.15, 0.2) is 48.0 Å². The number of methoxy groups -OCH3 is 3. The Labute approximate surface area is 210 Å². The number of hydrogen-bond donors (Lipinski definition) is 1. The number of Topliss-reactive ketones (excluding diaryl/α,β-unsaturated/α-hetero) is 1. The largest absolute Gasteiger partial charge is 0.507 e. The van der Waals surface area contributed by atoms with Crippen molar-refractivity contribution in [3.05, 3.63) is 59.2 Å². The summed E-state index contributed by atoms with van der Waals surface area (Å²) in [5.74, 6) is -0.267. The molecule has 0 aliphatic carbocycles. The third-order valence-corrected chi connectivity index (χ3v) is 6.59. The molecule has 4 rings (SSSR count). The minimum Gasteiger partial charge on any atom is -0.507 e. The lowest BCUT2D eigenvalue weighted by Gasteiger charge is -2.30. The molecule has 36 heavy (non-hydrogen) atoms. The summed E-state index contributed by atoms with van der Waals surface area (Å²) in [7, 11) is 4.55. The van der Waals surface area contributed by atoms with Crippen LogP contribution in [0.5, 0.6) is 17.2 Å². The lowest BCUT2D eigenvalue weighted by molar-refractivity contribution is -0.140. The zero-order valence-corrected chi connectivity index (χ0v) is 20.9. The predicted molar refractivity (Wildman–Crippen MR) is 133 cm³/mol. The van der Waals surface area contributed by atoms with Crippen molar-refractivity contribution in [1.29, 1.82) is 0 Å². The first-order valence-electron chi connectivity index (χ1n) is 11.9. The SMILES string of the molecule is COc1cccc(/C(O)=C2/C(=O)C(=O)N(CCCN3CCOCC3)C2c2cccc(OC)c2OC)c1. The number of carbonyl (C=O) groups excluding carboxylic acids is 2. The minimum absolute atomic E-state index is 0.00572. The van der Waals surface area contributed by atoms with Crippen molar-refractivity contribution in [1.82, 2.24) is 9.80 Å². The summed E-state index contributed by atoms with van der Waals surface area (Å²) in [5, 5.41) is 11.3. The molecule has 0 bridgehead atoms. The van der Waals surface area contributed by atoms with Gasteiger partial charge in [-0.05, 0) is 24.6 Å². The average molecular weight is 497 g/mol. The quantitative estimate of drug-likeness (QED) is 0.322. The van der Waals surface area contributed by atoms with E-state index in [-0.39, 0.29) is 11.3 Å². The van der Waals surface area contributed by atoms with E-state index in [1.54, 1.807) is 42.5 Å². The van der Waals surface area contributed by atoms with E-state index in [9.17, 15) is 14.7 Å². The number of amides is 1. The highest BCUT2D eigenvalue weighted by atomic mass is 16.5. The molecule has 9 nitrogen and oxygen atoms in total. The summed E-state index contributed by atoms with van der Waals surface area (Å²) >= 11 is 0. The fraction of sp³-hybridized carbons (Fsp3) is 0.407. The van der Waals surface area contributed by atoms with Crippen LogP contribution in [0.1, 0.15) is 23.6 Å². The Morgan fingerprint density at radius 2 is 1.75 bits per heavy atom. The summed E-state index contributed by atoms with van der Waals surface area (Å²) in [6.07, 6.45) is 0.662. The fourth-order valence-electron chi connectivity index (χ4n) is 4.78. The Balaban J connectivity index is 1.77. The lowest BCUT2D eigenvalue weighted by atomic mass is 9.94. The van der Waals surface area contributed by atoms with Crippen molar-refractivity contribution in [2.75, 3.05) is 60.7 Å². The number of aliphatic hydroxyl groups is 1. The van der Waals surface area contributed by atoms with E-state index in [4.69, 9.17) is 18.9 Å². The Morgan fingerprint density at radius 3 is 2.44 bits per heavy atom. The van der Waals surface area contributed by atoms with Crippen molar-refractivity contribution >= 4 is 17.4 Å². The van der Waals surface area contributed by atoms with E-state index >= 15 is 0 Å². The van der Waals surface area contributed by atoms with Crippen molar-refractivity contribution in [3.8, 4) is 17.2 Å². The van der Waals surface area contributed by atoms with Gasteiger partial charge in [-0.3, -0.25) is 14.5 Å². The molecule has 1 N–H and O–H groups in total. The summed E-state index contributed by atoms with van der Waals surface area (Å²) in [6.45, 7) is 4.15. The molecule has 2 fully saturated rings. The molecule has 0 saturated carbocycles. The smallest absolute Gasteiger partial charge is 0.295 e. The van der Waals surface area contributed by atoms with Gasteiger partial charge in [-0.1, -0.05) is 24.3 Å². The molecule has 0 aromatic heterocycles. The van der Waals surface area contributed by atoms with Gasteiger partial charge in [-0.2, -0.15) is 0 Å². The topological polar surface area (TPSA) is 97.8 Å². The third kappa shape index (κ3) is 5.03. The predicted octanol–water partition coefficient (Wildman–Crippen LogP) is 2.86. The number of rotatable bonds is 9. The van der Waals surface area contributed by atoms with Crippen molar-refractivity contribution in [2.45, 2.75) is 12.5 Å². The first-order chi connectivity index (χ1) is 17.5. The molecule has 1 amide bonds. The molecule has 1 atom stereocenters. The molecule has 0 radical (unpaired) electrons. The standard InChI is InChI=1S/C27H32N2O7/c1-33-19-8-4-7-18(17-19)24(30)22-23(20-9-5-10-21(34-2)26(20)35-3)29(27(32)25(22)31)12-6-11-28-13-15-36-16-14-28/h4-5,7-10,17,23,30H,6,11-16H2,1-3H3/b24-22-. The molecule has 2 heterocycles. The number of likely N-dealkylation sites (tertiary alicyclic amines) is 1. The molecule has 2 saturated heterocycles. The van der Waals surface area contributed by atoms with Gasteiger partial charge in [0.25, 0.3) is 11.7 Å². The first-order valence-corrected chi connectivity index (χ1v) is 11.9. The van der Waals surface area contributed by atoms with Crippen LogP contribution >= 0.6 is 0 Å². The first kappa shape index (κ1) is 25.5. The van der Waals surface area contributed by atoms with Crippen molar-refractivity contribution < 1.29 is 33.6 Å². The van der Waals surface area contributed by atoms with Crippen molar-refractivity contribution in [3.63, 3.8) is 0 Å². The lowest BCUT2D eigenvalue weighted by Crippen LogP contribution is -2.39. The van der Waals surface area contributed by atoms with Gasteiger partial charge in [0.2, 0.25) is 0 Å². The zero-order valence-electron chi connectivity index (χ0n) is 20.9. The number of carbonyl (C=O) groups is 2. The fourth-order valence-corrected chi connectivity index (χ4v) is 4.78. The van der Waals surface area contributed by atoms with Crippen LogP contribution in [0.2, 0.25) is 0 Å². The summed E-state index contributed by atoms with van der Waals surface area (Å²) in [5.41, 5.74) is 0.950. The number of ketones is 1. The van der Waals surface area contributed by atoms with Crippen LogP contribution in [0.3, 0.4) is 0 Å². The van der Waals surface area contributed by atoms with Gasteiger partial charge >= 0.3 is 0 Å². The van der Waals surface area contributed by atoms with Crippen LogP contribution < -0.4 is 14.2 Å². The normalized spacial score (nSPS) is 20.0. The van der Waals surface area contributed by atoms with Crippen LogP contribution in [-0.4, -0.2) is 87.3 Å².